The molecule has 9 heteroatoms. The Labute approximate surface area is 186 Å². The molecule has 0 saturated heterocycles. The number of nitrogens with zero attached hydrogens (tertiary/aromatic N) is 4. The summed E-state index contributed by atoms with van der Waals surface area (Å²) in [5.41, 5.74) is 3.07. The largest absolute Gasteiger partial charge is 0.320 e. The number of carbonyl (C=O) groups is 1. The molecular weight excluding hydrogens is 426 g/mol. The van der Waals surface area contributed by atoms with Crippen molar-refractivity contribution in [2.24, 2.45) is 0 Å². The van der Waals surface area contributed by atoms with Gasteiger partial charge in [0.15, 0.2) is 0 Å². The standard InChI is InChI=1S/C23H21N5O3S/c1-17-7-13-20(14-8-17)32(30,31)27(2)19-11-9-18(10-12-19)23(29)25-21-5-3-4-6-22(21)28-16-15-24-26-28/h3-16H,1-2H3,(H,25,29). The molecule has 1 amide bonds. The third-order valence-electron chi connectivity index (χ3n) is 4.99. The molecule has 0 atom stereocenters. The maximum Gasteiger partial charge on any atom is 0.264 e. The molecule has 4 rings (SSSR count). The summed E-state index contributed by atoms with van der Waals surface area (Å²) >= 11 is 0. The van der Waals surface area contributed by atoms with Gasteiger partial charge in [-0.25, -0.2) is 13.1 Å². The van der Waals surface area contributed by atoms with Gasteiger partial charge in [-0.05, 0) is 55.5 Å². The van der Waals surface area contributed by atoms with Crippen LogP contribution in [0.5, 0.6) is 0 Å². The van der Waals surface area contributed by atoms with Crippen LogP contribution in [0.4, 0.5) is 11.4 Å². The molecule has 32 heavy (non-hydrogen) atoms. The molecule has 0 saturated carbocycles. The van der Waals surface area contributed by atoms with Crippen LogP contribution < -0.4 is 9.62 Å². The number of benzene rings is 3. The van der Waals surface area contributed by atoms with E-state index in [-0.39, 0.29) is 10.8 Å². The SMILES string of the molecule is Cc1ccc(S(=O)(=O)N(C)c2ccc(C(=O)Nc3ccccc3-n3ccnn3)cc2)cc1. The number of hydrogen-bond acceptors (Lipinski definition) is 5. The Morgan fingerprint density at radius 1 is 0.969 bits per heavy atom. The zero-order valence-corrected chi connectivity index (χ0v) is 18.3. The molecule has 1 heterocycles. The lowest BCUT2D eigenvalue weighted by molar-refractivity contribution is 0.102. The van der Waals surface area contributed by atoms with Crippen LogP contribution >= 0.6 is 0 Å². The lowest BCUT2D eigenvalue weighted by atomic mass is 10.2. The highest BCUT2D eigenvalue weighted by Gasteiger charge is 2.21. The summed E-state index contributed by atoms with van der Waals surface area (Å²) in [7, 11) is -2.22. The van der Waals surface area contributed by atoms with Gasteiger partial charge in [-0.1, -0.05) is 35.0 Å². The minimum Gasteiger partial charge on any atom is -0.320 e. The molecule has 0 spiro atoms. The lowest BCUT2D eigenvalue weighted by Crippen LogP contribution is -2.26. The number of anilines is 2. The van der Waals surface area contributed by atoms with Crippen molar-refractivity contribution in [3.63, 3.8) is 0 Å². The van der Waals surface area contributed by atoms with Crippen molar-refractivity contribution < 1.29 is 13.2 Å². The van der Waals surface area contributed by atoms with Crippen LogP contribution in [0.2, 0.25) is 0 Å². The van der Waals surface area contributed by atoms with E-state index in [2.05, 4.69) is 15.6 Å². The van der Waals surface area contributed by atoms with Crippen LogP contribution in [0.25, 0.3) is 5.69 Å². The minimum absolute atomic E-state index is 0.206. The van der Waals surface area contributed by atoms with E-state index in [9.17, 15) is 13.2 Å². The van der Waals surface area contributed by atoms with Crippen LogP contribution in [0.15, 0.2) is 90.1 Å². The summed E-state index contributed by atoms with van der Waals surface area (Å²) in [5.74, 6) is -0.326. The Morgan fingerprint density at radius 3 is 2.31 bits per heavy atom. The van der Waals surface area contributed by atoms with Crippen molar-refractivity contribution in [1.82, 2.24) is 15.0 Å². The predicted molar refractivity (Wildman–Crippen MR) is 123 cm³/mol. The van der Waals surface area contributed by atoms with Crippen molar-refractivity contribution in [3.8, 4) is 5.69 Å². The van der Waals surface area contributed by atoms with Gasteiger partial charge in [-0.2, -0.15) is 0 Å². The summed E-state index contributed by atoms with van der Waals surface area (Å²) in [5, 5.41) is 10.6. The van der Waals surface area contributed by atoms with Crippen molar-refractivity contribution >= 4 is 27.3 Å². The Balaban J connectivity index is 1.53. The third kappa shape index (κ3) is 4.23. The van der Waals surface area contributed by atoms with Crippen LogP contribution in [0.1, 0.15) is 15.9 Å². The van der Waals surface area contributed by atoms with Gasteiger partial charge in [0.25, 0.3) is 15.9 Å². The summed E-state index contributed by atoms with van der Waals surface area (Å²) in [4.78, 5) is 13.0. The maximum absolute atomic E-state index is 12.9. The fraction of sp³-hybridized carbons (Fsp3) is 0.0870. The molecule has 1 N–H and O–H groups in total. The number of carbonyl (C=O) groups excluding carboxylic acids is 1. The van der Waals surface area contributed by atoms with Crippen LogP contribution in [-0.2, 0) is 10.0 Å². The molecule has 0 fully saturated rings. The number of hydrogen-bond donors (Lipinski definition) is 1. The Bertz CT molecular complexity index is 1330. The highest BCUT2D eigenvalue weighted by Crippen LogP contribution is 2.24. The van der Waals surface area contributed by atoms with E-state index < -0.39 is 10.0 Å². The Morgan fingerprint density at radius 2 is 1.66 bits per heavy atom. The molecule has 1 aromatic heterocycles. The van der Waals surface area contributed by atoms with Gasteiger partial charge >= 0.3 is 0 Å². The Hall–Kier alpha value is -3.98. The Kier molecular flexibility index (Phi) is 5.74. The van der Waals surface area contributed by atoms with E-state index in [0.717, 1.165) is 5.56 Å². The molecule has 8 nitrogen and oxygen atoms in total. The quantitative estimate of drug-likeness (QED) is 0.487. The second-order valence-electron chi connectivity index (χ2n) is 7.15. The molecule has 0 aliphatic rings. The van der Waals surface area contributed by atoms with Crippen LogP contribution in [-0.4, -0.2) is 36.4 Å². The van der Waals surface area contributed by atoms with Crippen molar-refractivity contribution in [2.45, 2.75) is 11.8 Å². The predicted octanol–water partition coefficient (Wildman–Crippen LogP) is 3.65. The lowest BCUT2D eigenvalue weighted by Gasteiger charge is -2.20. The first-order chi connectivity index (χ1) is 15.4. The van der Waals surface area contributed by atoms with Gasteiger partial charge in [0, 0.05) is 12.6 Å². The number of nitrogens with one attached hydrogen (secondary N) is 1. The zero-order valence-electron chi connectivity index (χ0n) is 17.5. The van der Waals surface area contributed by atoms with Gasteiger partial charge < -0.3 is 5.32 Å². The summed E-state index contributed by atoms with van der Waals surface area (Å²) in [6.45, 7) is 1.90. The summed E-state index contributed by atoms with van der Waals surface area (Å²) < 4.78 is 28.5. The monoisotopic (exact) mass is 447 g/mol. The number of sulfonamides is 1. The van der Waals surface area contributed by atoms with E-state index in [1.165, 1.54) is 11.4 Å². The van der Waals surface area contributed by atoms with Gasteiger partial charge in [-0.15, -0.1) is 5.10 Å². The van der Waals surface area contributed by atoms with E-state index in [0.29, 0.717) is 22.6 Å². The van der Waals surface area contributed by atoms with Crippen molar-refractivity contribution in [3.05, 3.63) is 96.3 Å². The number of aryl methyl sites for hydroxylation is 1. The van der Waals surface area contributed by atoms with E-state index in [1.807, 2.05) is 25.1 Å². The number of amides is 1. The van der Waals surface area contributed by atoms with Gasteiger partial charge in [-0.3, -0.25) is 9.10 Å². The molecule has 0 aliphatic heterocycles. The third-order valence-corrected chi connectivity index (χ3v) is 6.79. The van der Waals surface area contributed by atoms with Gasteiger partial charge in [0.05, 0.1) is 34.4 Å². The smallest absolute Gasteiger partial charge is 0.264 e. The summed E-state index contributed by atoms with van der Waals surface area (Å²) in [6, 6.07) is 20.3. The maximum atomic E-state index is 12.9. The van der Waals surface area contributed by atoms with Crippen LogP contribution in [0.3, 0.4) is 0 Å². The van der Waals surface area contributed by atoms with Gasteiger partial charge in [0.1, 0.15) is 0 Å². The average molecular weight is 448 g/mol. The molecule has 0 radical (unpaired) electrons. The zero-order chi connectivity index (χ0) is 22.7. The number of aromatic nitrogens is 3. The normalized spacial score (nSPS) is 11.2. The molecule has 0 unspecified atom stereocenters. The summed E-state index contributed by atoms with van der Waals surface area (Å²) in [6.07, 6.45) is 3.24. The first kappa shape index (κ1) is 21.3. The first-order valence-corrected chi connectivity index (χ1v) is 11.2. The molecule has 0 aliphatic carbocycles. The van der Waals surface area contributed by atoms with Crippen molar-refractivity contribution in [2.75, 3.05) is 16.7 Å². The fourth-order valence-electron chi connectivity index (χ4n) is 3.14. The highest BCUT2D eigenvalue weighted by atomic mass is 32.2. The van der Waals surface area contributed by atoms with E-state index in [1.54, 1.807) is 71.7 Å². The van der Waals surface area contributed by atoms with E-state index >= 15 is 0 Å². The number of rotatable bonds is 6. The fourth-order valence-corrected chi connectivity index (χ4v) is 4.34. The van der Waals surface area contributed by atoms with E-state index in [4.69, 9.17) is 0 Å². The molecule has 162 valence electrons. The molecule has 0 bridgehead atoms. The number of para-hydroxylation sites is 2. The average Bonchev–Trinajstić information content (AvgIpc) is 3.34. The topological polar surface area (TPSA) is 97.2 Å². The van der Waals surface area contributed by atoms with Crippen LogP contribution in [0, 0.1) is 6.92 Å². The highest BCUT2D eigenvalue weighted by molar-refractivity contribution is 7.92. The van der Waals surface area contributed by atoms with Gasteiger partial charge in [0.2, 0.25) is 0 Å². The molecule has 4 aromatic rings. The molecule has 3 aromatic carbocycles. The van der Waals surface area contributed by atoms with Crippen molar-refractivity contribution in [1.29, 1.82) is 0 Å². The first-order valence-electron chi connectivity index (χ1n) is 9.79. The second kappa shape index (κ2) is 8.64. The second-order valence-corrected chi connectivity index (χ2v) is 9.12. The minimum atomic E-state index is -3.70. The molecular formula is C23H21N5O3S.